The first-order chi connectivity index (χ1) is 17.7. The molecule has 2 aromatic carbocycles. The number of carbonyl (C=O) groups is 1. The van der Waals surface area contributed by atoms with Crippen LogP contribution in [0.25, 0.3) is 33.2 Å². The Morgan fingerprint density at radius 2 is 1.83 bits per heavy atom. The van der Waals surface area contributed by atoms with E-state index in [4.69, 9.17) is 4.74 Å². The highest BCUT2D eigenvalue weighted by Crippen LogP contribution is 2.34. The monoisotopic (exact) mass is 479 g/mol. The van der Waals surface area contributed by atoms with Crippen molar-refractivity contribution < 1.29 is 9.53 Å². The van der Waals surface area contributed by atoms with Crippen molar-refractivity contribution in [3.63, 3.8) is 0 Å². The van der Waals surface area contributed by atoms with Crippen LogP contribution in [0.15, 0.2) is 79.1 Å². The summed E-state index contributed by atoms with van der Waals surface area (Å²) in [5.41, 5.74) is 5.17. The van der Waals surface area contributed by atoms with Gasteiger partial charge in [-0.25, -0.2) is 4.98 Å². The first kappa shape index (κ1) is 22.4. The maximum absolute atomic E-state index is 13.3. The Kier molecular flexibility index (Phi) is 5.91. The molecule has 0 unspecified atom stereocenters. The number of methoxy groups -OCH3 is 1. The molecule has 36 heavy (non-hydrogen) atoms. The zero-order valence-electron chi connectivity index (χ0n) is 20.4. The average molecular weight is 480 g/mol. The summed E-state index contributed by atoms with van der Waals surface area (Å²) >= 11 is 0. The molecule has 1 aliphatic rings. The molecule has 0 atom stereocenters. The van der Waals surface area contributed by atoms with Gasteiger partial charge in [0.2, 0.25) is 5.91 Å². The van der Waals surface area contributed by atoms with Crippen LogP contribution in [0.2, 0.25) is 0 Å². The van der Waals surface area contributed by atoms with Gasteiger partial charge in [0.25, 0.3) is 0 Å². The number of carbonyl (C=O) groups excluding carboxylic acids is 1. The van der Waals surface area contributed by atoms with Gasteiger partial charge in [-0.05, 0) is 42.0 Å². The van der Waals surface area contributed by atoms with E-state index in [-0.39, 0.29) is 5.91 Å². The maximum atomic E-state index is 13.3. The van der Waals surface area contributed by atoms with Crippen molar-refractivity contribution in [3.8, 4) is 17.0 Å². The summed E-state index contributed by atoms with van der Waals surface area (Å²) in [7, 11) is 1.67. The molecule has 1 saturated heterocycles. The number of hydrogen-bond donors (Lipinski definition) is 1. The number of hydrogen-bond acceptors (Lipinski definition) is 4. The topological polar surface area (TPSA) is 66.4 Å². The second-order valence-electron chi connectivity index (χ2n) is 9.32. The molecule has 6 rings (SSSR count). The van der Waals surface area contributed by atoms with Gasteiger partial charge in [0.1, 0.15) is 17.9 Å². The van der Waals surface area contributed by atoms with Gasteiger partial charge in [0.05, 0.1) is 7.11 Å². The van der Waals surface area contributed by atoms with Crippen LogP contribution in [0.3, 0.4) is 0 Å². The number of H-pyrrole nitrogens is 1. The largest absolute Gasteiger partial charge is 0.497 e. The van der Waals surface area contributed by atoms with Crippen LogP contribution in [0, 0.1) is 0 Å². The number of fused-ring (bicyclic) bond motifs is 2. The summed E-state index contributed by atoms with van der Waals surface area (Å²) in [5, 5.41) is 2.10. The molecule has 7 nitrogen and oxygen atoms in total. The van der Waals surface area contributed by atoms with E-state index in [1.54, 1.807) is 13.3 Å². The Morgan fingerprint density at radius 1 is 1.00 bits per heavy atom. The Balaban J connectivity index is 1.22. The van der Waals surface area contributed by atoms with Crippen molar-refractivity contribution in [1.29, 1.82) is 0 Å². The fraction of sp³-hybridized carbons (Fsp3) is 0.241. The van der Waals surface area contributed by atoms with Crippen LogP contribution in [-0.4, -0.2) is 63.5 Å². The second-order valence-corrected chi connectivity index (χ2v) is 9.32. The minimum Gasteiger partial charge on any atom is -0.497 e. The van der Waals surface area contributed by atoms with Crippen LogP contribution in [0.1, 0.15) is 5.56 Å². The zero-order valence-corrected chi connectivity index (χ0v) is 20.4. The lowest BCUT2D eigenvalue weighted by molar-refractivity contribution is -0.133. The first-order valence-corrected chi connectivity index (χ1v) is 12.3. The minimum atomic E-state index is 0.145. The Hall–Kier alpha value is -4.10. The number of ether oxygens (including phenoxy) is 1. The third-order valence-electron chi connectivity index (χ3n) is 7.05. The number of nitrogens with one attached hydrogen (secondary N) is 1. The lowest BCUT2D eigenvalue weighted by Crippen LogP contribution is -2.49. The molecule has 0 bridgehead atoms. The summed E-state index contributed by atoms with van der Waals surface area (Å²) in [6, 6.07) is 22.6. The fourth-order valence-electron chi connectivity index (χ4n) is 5.09. The summed E-state index contributed by atoms with van der Waals surface area (Å²) in [5.74, 6) is 0.934. The standard InChI is InChI=1S/C29H29N5O2/c1-36-23-9-10-27-24(17-23)25(26-16-22-8-5-11-30-29(22)31-26)19-34(27)20-28(35)33-14-12-32(13-15-33)18-21-6-3-2-4-7-21/h2-11,16-17,19H,12-15,18,20H2,1H3,(H,30,31). The minimum absolute atomic E-state index is 0.145. The van der Waals surface area contributed by atoms with Crippen molar-refractivity contribution in [3.05, 3.63) is 84.7 Å². The van der Waals surface area contributed by atoms with Gasteiger partial charge in [0, 0.05) is 72.7 Å². The number of rotatable bonds is 6. The number of aromatic nitrogens is 3. The number of pyridine rings is 1. The normalized spacial score (nSPS) is 14.5. The van der Waals surface area contributed by atoms with Gasteiger partial charge in [0.15, 0.2) is 0 Å². The molecule has 3 aromatic heterocycles. The number of amides is 1. The second kappa shape index (κ2) is 9.51. The van der Waals surface area contributed by atoms with Crippen LogP contribution >= 0.6 is 0 Å². The molecule has 5 aromatic rings. The third-order valence-corrected chi connectivity index (χ3v) is 7.05. The highest BCUT2D eigenvalue weighted by molar-refractivity contribution is 5.99. The molecule has 7 heteroatoms. The molecule has 0 saturated carbocycles. The molecule has 0 radical (unpaired) electrons. The quantitative estimate of drug-likeness (QED) is 0.388. The van der Waals surface area contributed by atoms with Gasteiger partial charge >= 0.3 is 0 Å². The molecule has 1 fully saturated rings. The van der Waals surface area contributed by atoms with Gasteiger partial charge in [-0.15, -0.1) is 0 Å². The highest BCUT2D eigenvalue weighted by atomic mass is 16.5. The van der Waals surface area contributed by atoms with Crippen LogP contribution in [-0.2, 0) is 17.9 Å². The number of aromatic amines is 1. The predicted octanol–water partition coefficient (Wildman–Crippen LogP) is 4.54. The molecule has 1 N–H and O–H groups in total. The summed E-state index contributed by atoms with van der Waals surface area (Å²) in [4.78, 5) is 25.6. The van der Waals surface area contributed by atoms with Crippen molar-refractivity contribution in [2.24, 2.45) is 0 Å². The van der Waals surface area contributed by atoms with E-state index < -0.39 is 0 Å². The van der Waals surface area contributed by atoms with Crippen molar-refractivity contribution >= 4 is 27.8 Å². The highest BCUT2D eigenvalue weighted by Gasteiger charge is 2.23. The van der Waals surface area contributed by atoms with E-state index in [9.17, 15) is 4.79 Å². The number of benzene rings is 2. The van der Waals surface area contributed by atoms with Crippen molar-refractivity contribution in [2.45, 2.75) is 13.1 Å². The van der Waals surface area contributed by atoms with Gasteiger partial charge < -0.3 is 19.2 Å². The smallest absolute Gasteiger partial charge is 0.242 e. The van der Waals surface area contributed by atoms with Crippen LogP contribution in [0.5, 0.6) is 5.75 Å². The lowest BCUT2D eigenvalue weighted by Gasteiger charge is -2.35. The van der Waals surface area contributed by atoms with Gasteiger partial charge in [-0.3, -0.25) is 9.69 Å². The SMILES string of the molecule is COc1ccc2c(c1)c(-c1cc3cccnc3[nH]1)cn2CC(=O)N1CCN(Cc2ccccc2)CC1. The maximum Gasteiger partial charge on any atom is 0.242 e. The van der Waals surface area contributed by atoms with E-state index >= 15 is 0 Å². The molecule has 1 aliphatic heterocycles. The van der Waals surface area contributed by atoms with E-state index in [0.717, 1.165) is 71.7 Å². The summed E-state index contributed by atoms with van der Waals surface area (Å²) in [6.45, 7) is 4.50. The fourth-order valence-corrected chi connectivity index (χ4v) is 5.09. The summed E-state index contributed by atoms with van der Waals surface area (Å²) < 4.78 is 7.56. The molecular formula is C29H29N5O2. The Bertz CT molecular complexity index is 1480. The first-order valence-electron chi connectivity index (χ1n) is 12.3. The zero-order chi connectivity index (χ0) is 24.5. The van der Waals surface area contributed by atoms with Crippen molar-refractivity contribution in [2.75, 3.05) is 33.3 Å². The molecule has 0 spiro atoms. The van der Waals surface area contributed by atoms with E-state index in [1.807, 2.05) is 41.3 Å². The van der Waals surface area contributed by atoms with E-state index in [0.29, 0.717) is 6.54 Å². The van der Waals surface area contributed by atoms with Gasteiger partial charge in [-0.2, -0.15) is 0 Å². The lowest BCUT2D eigenvalue weighted by atomic mass is 10.1. The average Bonchev–Trinajstić information content (AvgIpc) is 3.51. The van der Waals surface area contributed by atoms with Crippen LogP contribution in [0.4, 0.5) is 0 Å². The predicted molar refractivity (Wildman–Crippen MR) is 142 cm³/mol. The third kappa shape index (κ3) is 4.33. The van der Waals surface area contributed by atoms with Gasteiger partial charge in [-0.1, -0.05) is 30.3 Å². The van der Waals surface area contributed by atoms with E-state index in [2.05, 4.69) is 56.0 Å². The van der Waals surface area contributed by atoms with Crippen molar-refractivity contribution in [1.82, 2.24) is 24.3 Å². The Labute approximate surface area is 209 Å². The number of piperazine rings is 1. The summed E-state index contributed by atoms with van der Waals surface area (Å²) in [6.07, 6.45) is 3.85. The van der Waals surface area contributed by atoms with Crippen LogP contribution < -0.4 is 4.74 Å². The molecular weight excluding hydrogens is 450 g/mol. The molecule has 0 aliphatic carbocycles. The molecule has 4 heterocycles. The van der Waals surface area contributed by atoms with E-state index in [1.165, 1.54) is 5.56 Å². The number of nitrogens with zero attached hydrogens (tertiary/aromatic N) is 4. The molecule has 182 valence electrons. The molecule has 1 amide bonds. The Morgan fingerprint density at radius 3 is 2.61 bits per heavy atom.